The lowest BCUT2D eigenvalue weighted by atomic mass is 9.89. The summed E-state index contributed by atoms with van der Waals surface area (Å²) < 4.78 is 0.242. The van der Waals surface area contributed by atoms with Gasteiger partial charge >= 0.3 is 0 Å². The van der Waals surface area contributed by atoms with E-state index in [0.717, 1.165) is 5.25 Å². The third kappa shape index (κ3) is 6.04. The maximum atomic E-state index is 2.58. The molecule has 0 amide bonds. The first-order valence-corrected chi connectivity index (χ1v) is 12.3. The molecule has 0 nitrogen and oxygen atoms in total. The monoisotopic (exact) mass is 372 g/mol. The maximum absolute atomic E-state index is 2.58. The van der Waals surface area contributed by atoms with Crippen LogP contribution in [0.4, 0.5) is 0 Å². The summed E-state index contributed by atoms with van der Waals surface area (Å²) in [7, 11) is 0. The van der Waals surface area contributed by atoms with Crippen LogP contribution in [-0.4, -0.2) is 5.25 Å². The summed E-state index contributed by atoms with van der Waals surface area (Å²) in [4.78, 5) is 0. The van der Waals surface area contributed by atoms with Crippen LogP contribution in [0.25, 0.3) is 0 Å². The highest BCUT2D eigenvalue weighted by Gasteiger charge is 2.26. The highest BCUT2D eigenvalue weighted by atomic mass is 32.2. The molecule has 0 bridgehead atoms. The van der Waals surface area contributed by atoms with Crippen molar-refractivity contribution in [3.05, 3.63) is 34.9 Å². The number of benzene rings is 1. The maximum Gasteiger partial charge on any atom is 0.0355 e. The number of hydrogen-bond donors (Lipinski definition) is 0. The van der Waals surface area contributed by atoms with Crippen LogP contribution < -0.4 is 0 Å². The van der Waals surface area contributed by atoms with E-state index in [-0.39, 0.29) is 4.75 Å². The first-order valence-electron chi connectivity index (χ1n) is 11.5. The van der Waals surface area contributed by atoms with Gasteiger partial charge in [0.25, 0.3) is 0 Å². The summed E-state index contributed by atoms with van der Waals surface area (Å²) in [5.74, 6) is 0. The summed E-state index contributed by atoms with van der Waals surface area (Å²) in [5, 5.41) is 0.852. The van der Waals surface area contributed by atoms with Crippen molar-refractivity contribution >= 4 is 11.8 Å². The fraction of sp³-hybridized carbons (Fsp3) is 0.760. The van der Waals surface area contributed by atoms with Crippen LogP contribution in [0.2, 0.25) is 0 Å². The summed E-state index contributed by atoms with van der Waals surface area (Å²) in [6, 6.07) is 7.49. The minimum absolute atomic E-state index is 0.242. The zero-order chi connectivity index (χ0) is 18.2. The molecule has 1 heteroatoms. The molecular weight excluding hydrogens is 332 g/mol. The van der Waals surface area contributed by atoms with Gasteiger partial charge in [0.2, 0.25) is 0 Å². The summed E-state index contributed by atoms with van der Waals surface area (Å²) >= 11 is 2.27. The quantitative estimate of drug-likeness (QED) is 0.515. The van der Waals surface area contributed by atoms with Crippen LogP contribution in [0.1, 0.15) is 114 Å². The molecule has 146 valence electrons. The van der Waals surface area contributed by atoms with Crippen molar-refractivity contribution in [1.29, 1.82) is 0 Å². The molecule has 1 fully saturated rings. The van der Waals surface area contributed by atoms with Crippen LogP contribution in [0.5, 0.6) is 0 Å². The molecule has 0 unspecified atom stereocenters. The van der Waals surface area contributed by atoms with Crippen molar-refractivity contribution in [1.82, 2.24) is 0 Å². The smallest absolute Gasteiger partial charge is 0.0355 e. The van der Waals surface area contributed by atoms with Crippen LogP contribution in [-0.2, 0) is 17.6 Å². The van der Waals surface area contributed by atoms with Crippen LogP contribution in [0.3, 0.4) is 0 Å². The lowest BCUT2D eigenvalue weighted by Gasteiger charge is -2.31. The van der Waals surface area contributed by atoms with Gasteiger partial charge in [0, 0.05) is 10.00 Å². The lowest BCUT2D eigenvalue weighted by Crippen LogP contribution is -2.19. The standard InChI is InChI=1S/C25H40S/c1-25(2,26-24-16-12-6-4-3-5-7-13-17-24)23-19-18-21-14-10-8-9-11-15-22(21)20-23/h18-20,24H,3-17H2,1-2H3. The Hall–Kier alpha value is -0.430. The second-order valence-corrected chi connectivity index (χ2v) is 11.1. The predicted molar refractivity (Wildman–Crippen MR) is 118 cm³/mol. The number of hydrogen-bond acceptors (Lipinski definition) is 1. The minimum Gasteiger partial charge on any atom is -0.148 e. The molecule has 26 heavy (non-hydrogen) atoms. The third-order valence-electron chi connectivity index (χ3n) is 6.56. The summed E-state index contributed by atoms with van der Waals surface area (Å²) in [6.45, 7) is 4.95. The van der Waals surface area contributed by atoms with E-state index in [1.807, 2.05) is 0 Å². The average molecular weight is 373 g/mol. The fourth-order valence-electron chi connectivity index (χ4n) is 4.84. The molecule has 0 heterocycles. The molecule has 0 radical (unpaired) electrons. The highest BCUT2D eigenvalue weighted by Crippen LogP contribution is 2.42. The van der Waals surface area contributed by atoms with E-state index in [0.29, 0.717) is 0 Å². The van der Waals surface area contributed by atoms with E-state index in [9.17, 15) is 0 Å². The Labute approximate surface area is 166 Å². The average Bonchev–Trinajstić information content (AvgIpc) is 2.60. The molecule has 0 aliphatic heterocycles. The van der Waals surface area contributed by atoms with Gasteiger partial charge < -0.3 is 0 Å². The van der Waals surface area contributed by atoms with Crippen molar-refractivity contribution in [3.63, 3.8) is 0 Å². The molecule has 0 saturated heterocycles. The Morgan fingerprint density at radius 2 is 1.23 bits per heavy atom. The zero-order valence-electron chi connectivity index (χ0n) is 17.3. The van der Waals surface area contributed by atoms with Gasteiger partial charge in [-0.3, -0.25) is 0 Å². The number of aryl methyl sites for hydroxylation is 2. The molecule has 1 saturated carbocycles. The molecule has 1 aromatic carbocycles. The molecule has 0 spiro atoms. The minimum atomic E-state index is 0.242. The fourth-order valence-corrected chi connectivity index (χ4v) is 6.50. The van der Waals surface area contributed by atoms with Gasteiger partial charge in [0.1, 0.15) is 0 Å². The van der Waals surface area contributed by atoms with E-state index in [4.69, 9.17) is 0 Å². The van der Waals surface area contributed by atoms with Crippen molar-refractivity contribution in [2.75, 3.05) is 0 Å². The third-order valence-corrected chi connectivity index (χ3v) is 8.19. The second kappa shape index (κ2) is 10.2. The molecule has 1 aromatic rings. The molecule has 3 rings (SSSR count). The Morgan fingerprint density at radius 1 is 0.692 bits per heavy atom. The number of fused-ring (bicyclic) bond motifs is 1. The molecule has 2 aliphatic rings. The van der Waals surface area contributed by atoms with Gasteiger partial charge in [-0.2, -0.15) is 0 Å². The molecular formula is C25H40S. The van der Waals surface area contributed by atoms with Gasteiger partial charge in [0.05, 0.1) is 0 Å². The molecule has 2 aliphatic carbocycles. The van der Waals surface area contributed by atoms with Crippen molar-refractivity contribution in [2.45, 2.75) is 120 Å². The lowest BCUT2D eigenvalue weighted by molar-refractivity contribution is 0.509. The van der Waals surface area contributed by atoms with Gasteiger partial charge in [-0.1, -0.05) is 76.0 Å². The summed E-state index contributed by atoms with van der Waals surface area (Å²) in [5.41, 5.74) is 4.86. The first-order chi connectivity index (χ1) is 12.6. The number of rotatable bonds is 3. The SMILES string of the molecule is CC(C)(SC1CCCCCCCCC1)c1ccc2c(c1)CCCCCC2. The molecule has 0 N–H and O–H groups in total. The van der Waals surface area contributed by atoms with Crippen molar-refractivity contribution < 1.29 is 0 Å². The largest absolute Gasteiger partial charge is 0.148 e. The van der Waals surface area contributed by atoms with Crippen molar-refractivity contribution in [2.24, 2.45) is 0 Å². The summed E-state index contributed by atoms with van der Waals surface area (Å²) in [6.07, 6.45) is 21.3. The Bertz CT molecular complexity index is 535. The van der Waals surface area contributed by atoms with E-state index >= 15 is 0 Å². The predicted octanol–water partition coefficient (Wildman–Crippen LogP) is 8.21. The van der Waals surface area contributed by atoms with Crippen LogP contribution >= 0.6 is 11.8 Å². The van der Waals surface area contributed by atoms with E-state index < -0.39 is 0 Å². The molecule has 0 atom stereocenters. The normalized spacial score (nSPS) is 21.5. The Balaban J connectivity index is 1.68. The second-order valence-electron chi connectivity index (χ2n) is 9.20. The molecule has 0 aromatic heterocycles. The Kier molecular flexibility index (Phi) is 7.97. The van der Waals surface area contributed by atoms with Crippen LogP contribution in [0, 0.1) is 0 Å². The van der Waals surface area contributed by atoms with Gasteiger partial charge in [-0.25, -0.2) is 0 Å². The van der Waals surface area contributed by atoms with E-state index in [1.165, 1.54) is 96.3 Å². The first kappa shape index (κ1) is 20.3. The topological polar surface area (TPSA) is 0 Å². The number of thioether (sulfide) groups is 1. The zero-order valence-corrected chi connectivity index (χ0v) is 18.1. The van der Waals surface area contributed by atoms with Crippen molar-refractivity contribution in [3.8, 4) is 0 Å². The van der Waals surface area contributed by atoms with Gasteiger partial charge in [0.15, 0.2) is 0 Å². The van der Waals surface area contributed by atoms with Crippen LogP contribution in [0.15, 0.2) is 18.2 Å². The highest BCUT2D eigenvalue weighted by molar-refractivity contribution is 8.00. The van der Waals surface area contributed by atoms with Gasteiger partial charge in [-0.15, -0.1) is 11.8 Å². The Morgan fingerprint density at radius 3 is 1.88 bits per heavy atom. The van der Waals surface area contributed by atoms with E-state index in [2.05, 4.69) is 43.8 Å². The van der Waals surface area contributed by atoms with E-state index in [1.54, 1.807) is 16.7 Å². The van der Waals surface area contributed by atoms with Gasteiger partial charge in [-0.05, 0) is 69.1 Å².